The fraction of sp³-hybridized carbons (Fsp3) is 0.0526. The van der Waals surface area contributed by atoms with Crippen LogP contribution in [-0.4, -0.2) is 26.9 Å². The van der Waals surface area contributed by atoms with E-state index in [1.807, 2.05) is 0 Å². The standard InChI is InChI=1S/C19H11ClO5S/c20-13-6-5-12(26-13)16(22)10-7-11(21)14-15(19(10)25)18(24)9-4-2-1-3-8(9)17(14)23/h1-7,16,21-22,25H. The number of halogens is 1. The highest BCUT2D eigenvalue weighted by molar-refractivity contribution is 7.16. The number of phenolic OH excluding ortho intramolecular Hbond substituents is 2. The third-order valence-electron chi connectivity index (χ3n) is 4.34. The number of aliphatic hydroxyl groups is 1. The minimum absolute atomic E-state index is 0.0692. The van der Waals surface area contributed by atoms with Gasteiger partial charge in [0.15, 0.2) is 11.6 Å². The Morgan fingerprint density at radius 1 is 0.923 bits per heavy atom. The van der Waals surface area contributed by atoms with Gasteiger partial charge in [0.2, 0.25) is 0 Å². The first-order valence-electron chi connectivity index (χ1n) is 7.60. The SMILES string of the molecule is O=C1c2ccccc2C(=O)c2c(O)c(C(O)c3ccc(Cl)s3)cc(O)c21. The molecular weight excluding hydrogens is 376 g/mol. The Balaban J connectivity index is 1.94. The number of ketones is 2. The van der Waals surface area contributed by atoms with Gasteiger partial charge in [-0.05, 0) is 18.2 Å². The summed E-state index contributed by atoms with van der Waals surface area (Å²) >= 11 is 6.98. The van der Waals surface area contributed by atoms with Crippen LogP contribution in [0.15, 0.2) is 42.5 Å². The van der Waals surface area contributed by atoms with Crippen molar-refractivity contribution in [1.82, 2.24) is 0 Å². The highest BCUT2D eigenvalue weighted by Crippen LogP contribution is 2.44. The molecule has 5 nitrogen and oxygen atoms in total. The Kier molecular flexibility index (Phi) is 3.84. The molecule has 0 spiro atoms. The van der Waals surface area contributed by atoms with Gasteiger partial charge in [-0.2, -0.15) is 0 Å². The molecule has 0 saturated carbocycles. The van der Waals surface area contributed by atoms with Gasteiger partial charge in [0.25, 0.3) is 0 Å². The van der Waals surface area contributed by atoms with E-state index in [9.17, 15) is 24.9 Å². The zero-order valence-electron chi connectivity index (χ0n) is 13.1. The average Bonchev–Trinajstić information content (AvgIpc) is 3.07. The highest BCUT2D eigenvalue weighted by atomic mass is 35.5. The molecule has 0 saturated heterocycles. The summed E-state index contributed by atoms with van der Waals surface area (Å²) in [5.41, 5.74) is -0.319. The van der Waals surface area contributed by atoms with Crippen LogP contribution in [0.1, 0.15) is 48.4 Å². The number of rotatable bonds is 2. The van der Waals surface area contributed by atoms with Crippen LogP contribution in [0.3, 0.4) is 0 Å². The van der Waals surface area contributed by atoms with E-state index < -0.39 is 29.2 Å². The molecule has 3 aromatic rings. The normalized spacial score (nSPS) is 14.1. The number of aliphatic hydroxyl groups excluding tert-OH is 1. The lowest BCUT2D eigenvalue weighted by atomic mass is 9.81. The molecule has 0 amide bonds. The lowest BCUT2D eigenvalue weighted by Crippen LogP contribution is -2.22. The first-order valence-corrected chi connectivity index (χ1v) is 8.80. The van der Waals surface area contributed by atoms with Crippen molar-refractivity contribution in [2.24, 2.45) is 0 Å². The van der Waals surface area contributed by atoms with E-state index in [4.69, 9.17) is 11.6 Å². The smallest absolute Gasteiger partial charge is 0.198 e. The molecule has 26 heavy (non-hydrogen) atoms. The second kappa shape index (κ2) is 5.95. The van der Waals surface area contributed by atoms with E-state index in [-0.39, 0.29) is 27.8 Å². The van der Waals surface area contributed by atoms with E-state index >= 15 is 0 Å². The van der Waals surface area contributed by atoms with Crippen molar-refractivity contribution in [3.05, 3.63) is 79.5 Å². The van der Waals surface area contributed by atoms with Crippen LogP contribution in [0.5, 0.6) is 11.5 Å². The van der Waals surface area contributed by atoms with Gasteiger partial charge >= 0.3 is 0 Å². The molecule has 0 radical (unpaired) electrons. The number of benzene rings is 2. The fourth-order valence-corrected chi connectivity index (χ4v) is 4.18. The molecule has 0 fully saturated rings. The molecule has 4 rings (SSSR count). The molecule has 0 bridgehead atoms. The molecular formula is C19H11ClO5S. The van der Waals surface area contributed by atoms with Gasteiger partial charge in [0.05, 0.1) is 15.5 Å². The van der Waals surface area contributed by atoms with Gasteiger partial charge in [-0.25, -0.2) is 0 Å². The Morgan fingerprint density at radius 2 is 1.54 bits per heavy atom. The molecule has 1 unspecified atom stereocenters. The third kappa shape index (κ3) is 2.34. The number of carbonyl (C=O) groups excluding carboxylic acids is 2. The molecule has 3 N–H and O–H groups in total. The van der Waals surface area contributed by atoms with Gasteiger partial charge in [0.1, 0.15) is 17.6 Å². The van der Waals surface area contributed by atoms with Crippen LogP contribution in [0.4, 0.5) is 0 Å². The van der Waals surface area contributed by atoms with E-state index in [1.54, 1.807) is 24.3 Å². The molecule has 1 aliphatic rings. The number of phenols is 2. The summed E-state index contributed by atoms with van der Waals surface area (Å²) in [5, 5.41) is 31.5. The van der Waals surface area contributed by atoms with Crippen molar-refractivity contribution in [3.8, 4) is 11.5 Å². The molecule has 2 aromatic carbocycles. The largest absolute Gasteiger partial charge is 0.507 e. The number of hydrogen-bond donors (Lipinski definition) is 3. The number of thiophene rings is 1. The van der Waals surface area contributed by atoms with Crippen LogP contribution in [0.2, 0.25) is 4.34 Å². The van der Waals surface area contributed by atoms with Crippen LogP contribution in [0.25, 0.3) is 0 Å². The fourth-order valence-electron chi connectivity index (χ4n) is 3.11. The summed E-state index contributed by atoms with van der Waals surface area (Å²) in [5.74, 6) is -2.13. The Bertz CT molecular complexity index is 1090. The van der Waals surface area contributed by atoms with Crippen molar-refractivity contribution in [2.75, 3.05) is 0 Å². The average molecular weight is 387 g/mol. The number of hydrogen-bond acceptors (Lipinski definition) is 6. The maximum Gasteiger partial charge on any atom is 0.198 e. The monoisotopic (exact) mass is 386 g/mol. The number of aromatic hydroxyl groups is 2. The summed E-state index contributed by atoms with van der Waals surface area (Å²) in [6, 6.07) is 10.5. The van der Waals surface area contributed by atoms with Gasteiger partial charge in [-0.1, -0.05) is 35.9 Å². The van der Waals surface area contributed by atoms with E-state index in [0.29, 0.717) is 9.21 Å². The second-order valence-electron chi connectivity index (χ2n) is 5.83. The van der Waals surface area contributed by atoms with Crippen molar-refractivity contribution in [1.29, 1.82) is 0 Å². The minimum Gasteiger partial charge on any atom is -0.507 e. The quantitative estimate of drug-likeness (QED) is 0.457. The Hall–Kier alpha value is -2.67. The second-order valence-corrected chi connectivity index (χ2v) is 7.58. The molecule has 1 heterocycles. The maximum atomic E-state index is 12.8. The molecule has 1 atom stereocenters. The van der Waals surface area contributed by atoms with Crippen molar-refractivity contribution in [3.63, 3.8) is 0 Å². The van der Waals surface area contributed by atoms with Gasteiger partial charge in [-0.15, -0.1) is 11.3 Å². The van der Waals surface area contributed by atoms with Gasteiger partial charge in [0, 0.05) is 21.6 Å². The maximum absolute atomic E-state index is 12.8. The summed E-state index contributed by atoms with van der Waals surface area (Å²) in [6.07, 6.45) is -1.30. The van der Waals surface area contributed by atoms with Crippen molar-refractivity contribution >= 4 is 34.5 Å². The zero-order valence-corrected chi connectivity index (χ0v) is 14.6. The van der Waals surface area contributed by atoms with Crippen LogP contribution >= 0.6 is 22.9 Å². The first kappa shape index (κ1) is 16.8. The van der Waals surface area contributed by atoms with Crippen molar-refractivity contribution in [2.45, 2.75) is 6.10 Å². The van der Waals surface area contributed by atoms with E-state index in [1.165, 1.54) is 12.1 Å². The van der Waals surface area contributed by atoms with Crippen molar-refractivity contribution < 1.29 is 24.9 Å². The van der Waals surface area contributed by atoms with Crippen LogP contribution in [-0.2, 0) is 0 Å². The summed E-state index contributed by atoms with van der Waals surface area (Å²) in [7, 11) is 0. The molecule has 1 aromatic heterocycles. The third-order valence-corrected chi connectivity index (χ3v) is 5.62. The Morgan fingerprint density at radius 3 is 2.12 bits per heavy atom. The summed E-state index contributed by atoms with van der Waals surface area (Å²) in [4.78, 5) is 25.9. The lowest BCUT2D eigenvalue weighted by Gasteiger charge is -2.22. The molecule has 130 valence electrons. The lowest BCUT2D eigenvalue weighted by molar-refractivity contribution is 0.0973. The van der Waals surface area contributed by atoms with Crippen LogP contribution in [0, 0.1) is 0 Å². The van der Waals surface area contributed by atoms with E-state index in [2.05, 4.69) is 0 Å². The summed E-state index contributed by atoms with van der Waals surface area (Å²) < 4.78 is 0.445. The van der Waals surface area contributed by atoms with E-state index in [0.717, 1.165) is 17.4 Å². The van der Waals surface area contributed by atoms with Gasteiger partial charge in [-0.3, -0.25) is 9.59 Å². The molecule has 7 heteroatoms. The highest BCUT2D eigenvalue weighted by Gasteiger charge is 2.36. The predicted molar refractivity (Wildman–Crippen MR) is 96.5 cm³/mol. The van der Waals surface area contributed by atoms with Gasteiger partial charge < -0.3 is 15.3 Å². The minimum atomic E-state index is -1.30. The number of carbonyl (C=O) groups is 2. The zero-order chi connectivity index (χ0) is 18.6. The molecule has 0 aliphatic heterocycles. The van der Waals surface area contributed by atoms with Crippen LogP contribution < -0.4 is 0 Å². The first-order chi connectivity index (χ1) is 12.4. The predicted octanol–water partition coefficient (Wildman–Crippen LogP) is 3.67. The summed E-state index contributed by atoms with van der Waals surface area (Å²) in [6.45, 7) is 0. The molecule has 1 aliphatic carbocycles. The Labute approximate surface area is 156 Å². The number of fused-ring (bicyclic) bond motifs is 2. The topological polar surface area (TPSA) is 94.8 Å².